The average Bonchev–Trinajstić information content (AvgIpc) is 3.50. The van der Waals surface area contributed by atoms with Gasteiger partial charge < -0.3 is 21.1 Å². The van der Waals surface area contributed by atoms with Crippen LogP contribution in [0.3, 0.4) is 0 Å². The molecule has 0 aromatic heterocycles. The predicted molar refractivity (Wildman–Crippen MR) is 162 cm³/mol. The lowest BCUT2D eigenvalue weighted by molar-refractivity contribution is -0.192. The second kappa shape index (κ2) is 15.5. The van der Waals surface area contributed by atoms with Gasteiger partial charge in [-0.05, 0) is 29.5 Å². The number of rotatable bonds is 10. The van der Waals surface area contributed by atoms with Crippen LogP contribution in [0.25, 0.3) is 0 Å². The summed E-state index contributed by atoms with van der Waals surface area (Å²) in [4.78, 5) is 37.6. The van der Waals surface area contributed by atoms with Crippen LogP contribution in [-0.2, 0) is 31.1 Å². The van der Waals surface area contributed by atoms with E-state index in [0.29, 0.717) is 24.9 Å². The number of hydrogen-bond acceptors (Lipinski definition) is 6. The first-order valence-corrected chi connectivity index (χ1v) is 15.3. The lowest BCUT2D eigenvalue weighted by Gasteiger charge is -2.33. The minimum Gasteiger partial charge on any atom is -0.475 e. The van der Waals surface area contributed by atoms with Crippen molar-refractivity contribution in [3.8, 4) is 0 Å². The summed E-state index contributed by atoms with van der Waals surface area (Å²) in [5.41, 5.74) is 8.35. The zero-order chi connectivity index (χ0) is 34.1. The van der Waals surface area contributed by atoms with Crippen LogP contribution in [0.5, 0.6) is 0 Å². The summed E-state index contributed by atoms with van der Waals surface area (Å²) in [7, 11) is -4.27. The molecular formula is C30H33F3N6O6S. The van der Waals surface area contributed by atoms with Crippen LogP contribution in [0.1, 0.15) is 41.0 Å². The lowest BCUT2D eigenvalue weighted by atomic mass is 9.84. The summed E-state index contributed by atoms with van der Waals surface area (Å²) in [5, 5.41) is 22.9. The highest BCUT2D eigenvalue weighted by Gasteiger charge is 2.42. The van der Waals surface area contributed by atoms with Gasteiger partial charge in [0.05, 0.1) is 0 Å². The summed E-state index contributed by atoms with van der Waals surface area (Å²) in [6.07, 6.45) is -4.04. The summed E-state index contributed by atoms with van der Waals surface area (Å²) < 4.78 is 58.6. The van der Waals surface area contributed by atoms with Crippen LogP contribution >= 0.6 is 0 Å². The molecule has 1 saturated heterocycles. The van der Waals surface area contributed by atoms with Crippen molar-refractivity contribution < 1.29 is 41.1 Å². The number of carbonyl (C=O) groups is 3. The zero-order valence-corrected chi connectivity index (χ0v) is 25.1. The molecule has 1 aliphatic rings. The van der Waals surface area contributed by atoms with Crippen LogP contribution in [0, 0.1) is 5.41 Å². The molecule has 3 aromatic carbocycles. The molecule has 2 atom stereocenters. The molecule has 3 aromatic rings. The van der Waals surface area contributed by atoms with E-state index in [1.807, 2.05) is 60.7 Å². The molecule has 1 fully saturated rings. The number of carboxylic acid groups (broad SMARTS) is 1. The van der Waals surface area contributed by atoms with E-state index in [4.69, 9.17) is 26.2 Å². The summed E-state index contributed by atoms with van der Waals surface area (Å²) >= 11 is 0. The fraction of sp³-hybridized carbons (Fsp3) is 0.267. The quantitative estimate of drug-likeness (QED) is 0.141. The number of likely N-dealkylation sites (tertiary alicyclic amines) is 1. The van der Waals surface area contributed by atoms with Gasteiger partial charge in [0.2, 0.25) is 11.8 Å². The Morgan fingerprint density at radius 1 is 0.957 bits per heavy atom. The van der Waals surface area contributed by atoms with Crippen LogP contribution in [-0.4, -0.2) is 66.8 Å². The standard InChI is InChI=1S/C28H32N6O4S.C2HF3O2/c29-26(30)22-15-13-19(14-16-22)18-32-27(35)23-12-7-17-34(23)28(36)25(33-39(31,37)38)24(20-8-3-1-4-9-20)21-10-5-2-6-11-21;3-2(4,5)1(6)7/h1-6,8-11,13-16,23-25,33H,7,12,17-18H2,(H3,29,30)(H,32,35)(H2,31,37,38);(H,6,7)/t23-,25+;/m0./s1. The second-order valence-corrected chi connectivity index (χ2v) is 11.6. The Bertz CT molecular complexity index is 1580. The summed E-state index contributed by atoms with van der Waals surface area (Å²) in [6, 6.07) is 23.2. The Morgan fingerprint density at radius 2 is 1.46 bits per heavy atom. The van der Waals surface area contributed by atoms with Gasteiger partial charge in [0.1, 0.15) is 17.9 Å². The third-order valence-electron chi connectivity index (χ3n) is 7.02. The molecule has 1 heterocycles. The molecule has 1 aliphatic heterocycles. The molecule has 2 amide bonds. The number of nitrogen functional groups attached to an aromatic ring is 1. The molecule has 16 heteroatoms. The highest BCUT2D eigenvalue weighted by molar-refractivity contribution is 7.87. The lowest BCUT2D eigenvalue weighted by Crippen LogP contribution is -2.56. The van der Waals surface area contributed by atoms with Gasteiger partial charge in [-0.2, -0.15) is 26.3 Å². The number of halogens is 3. The maximum absolute atomic E-state index is 14.0. The molecule has 0 radical (unpaired) electrons. The number of carbonyl (C=O) groups excluding carboxylic acids is 2. The molecule has 0 bridgehead atoms. The van der Waals surface area contributed by atoms with Crippen LogP contribution < -0.4 is 20.9 Å². The first-order chi connectivity index (χ1) is 21.6. The molecule has 12 nitrogen and oxygen atoms in total. The smallest absolute Gasteiger partial charge is 0.475 e. The van der Waals surface area contributed by atoms with E-state index < -0.39 is 46.3 Å². The van der Waals surface area contributed by atoms with E-state index in [1.54, 1.807) is 24.3 Å². The van der Waals surface area contributed by atoms with Gasteiger partial charge in [0, 0.05) is 24.6 Å². The maximum Gasteiger partial charge on any atom is 0.490 e. The molecule has 0 spiro atoms. The number of benzene rings is 3. The Morgan fingerprint density at radius 3 is 1.89 bits per heavy atom. The van der Waals surface area contributed by atoms with E-state index in [-0.39, 0.29) is 18.3 Å². The van der Waals surface area contributed by atoms with Crippen molar-refractivity contribution in [1.82, 2.24) is 14.9 Å². The monoisotopic (exact) mass is 662 g/mol. The van der Waals surface area contributed by atoms with Crippen LogP contribution in [0.15, 0.2) is 84.9 Å². The van der Waals surface area contributed by atoms with Gasteiger partial charge in [-0.1, -0.05) is 84.9 Å². The zero-order valence-electron chi connectivity index (χ0n) is 24.3. The Labute approximate surface area is 263 Å². The number of alkyl halides is 3. The number of hydrogen-bond donors (Lipinski definition) is 6. The van der Waals surface area contributed by atoms with Crippen molar-refractivity contribution in [1.29, 1.82) is 5.41 Å². The molecule has 0 unspecified atom stereocenters. The van der Waals surface area contributed by atoms with Crippen molar-refractivity contribution >= 4 is 33.8 Å². The number of amides is 2. The van der Waals surface area contributed by atoms with Gasteiger partial charge in [-0.15, -0.1) is 0 Å². The van der Waals surface area contributed by atoms with Crippen molar-refractivity contribution in [2.24, 2.45) is 10.9 Å². The van der Waals surface area contributed by atoms with Crippen molar-refractivity contribution in [2.75, 3.05) is 6.54 Å². The predicted octanol–water partition coefficient (Wildman–Crippen LogP) is 2.20. The van der Waals surface area contributed by atoms with E-state index in [9.17, 15) is 31.2 Å². The van der Waals surface area contributed by atoms with Gasteiger partial charge in [-0.3, -0.25) is 15.0 Å². The van der Waals surface area contributed by atoms with E-state index in [0.717, 1.165) is 16.7 Å². The van der Waals surface area contributed by atoms with Crippen molar-refractivity contribution in [3.05, 3.63) is 107 Å². The molecular weight excluding hydrogens is 629 g/mol. The fourth-order valence-electron chi connectivity index (χ4n) is 4.93. The highest BCUT2D eigenvalue weighted by Crippen LogP contribution is 2.31. The SMILES string of the molecule is N=C(N)c1ccc(CNC(=O)[C@@H]2CCCN2C(=O)[C@H](NS(N)(=O)=O)C(c2ccccc2)c2ccccc2)cc1.O=C(O)C(F)(F)F. The van der Waals surface area contributed by atoms with E-state index in [2.05, 4.69) is 10.0 Å². The summed E-state index contributed by atoms with van der Waals surface area (Å²) in [6.45, 7) is 0.536. The third kappa shape index (κ3) is 10.1. The number of carboxylic acids is 1. The Kier molecular flexibility index (Phi) is 12.0. The highest BCUT2D eigenvalue weighted by atomic mass is 32.2. The number of nitrogens with zero attached hydrogens (tertiary/aromatic N) is 1. The Balaban J connectivity index is 0.000000738. The first kappa shape index (κ1) is 35.7. The maximum atomic E-state index is 14.0. The molecule has 4 rings (SSSR count). The normalized spacial score (nSPS) is 15.4. The largest absolute Gasteiger partial charge is 0.490 e. The van der Waals surface area contributed by atoms with E-state index >= 15 is 0 Å². The van der Waals surface area contributed by atoms with Crippen LogP contribution in [0.4, 0.5) is 13.2 Å². The van der Waals surface area contributed by atoms with Gasteiger partial charge in [0.25, 0.3) is 10.2 Å². The third-order valence-corrected chi connectivity index (χ3v) is 7.60. The summed E-state index contributed by atoms with van der Waals surface area (Å²) in [5.74, 6) is -4.33. The van der Waals surface area contributed by atoms with Gasteiger partial charge in [0.15, 0.2) is 0 Å². The van der Waals surface area contributed by atoms with Crippen molar-refractivity contribution in [3.63, 3.8) is 0 Å². The molecule has 8 N–H and O–H groups in total. The minimum atomic E-state index is -5.08. The Hall–Kier alpha value is -4.80. The van der Waals surface area contributed by atoms with Crippen LogP contribution in [0.2, 0.25) is 0 Å². The number of amidine groups is 1. The first-order valence-electron chi connectivity index (χ1n) is 13.8. The number of aliphatic carboxylic acids is 1. The number of nitrogens with two attached hydrogens (primary N) is 2. The molecule has 46 heavy (non-hydrogen) atoms. The minimum absolute atomic E-state index is 0.0438. The average molecular weight is 663 g/mol. The fourth-order valence-corrected chi connectivity index (χ4v) is 5.52. The topological polar surface area (TPSA) is 209 Å². The van der Waals surface area contributed by atoms with Gasteiger partial charge >= 0.3 is 12.1 Å². The van der Waals surface area contributed by atoms with Crippen molar-refractivity contribution in [2.45, 2.75) is 43.6 Å². The molecule has 0 saturated carbocycles. The second-order valence-electron chi connectivity index (χ2n) is 10.3. The number of nitrogens with one attached hydrogen (secondary N) is 3. The molecule has 0 aliphatic carbocycles. The molecule has 246 valence electrons. The van der Waals surface area contributed by atoms with E-state index in [1.165, 1.54) is 4.90 Å². The van der Waals surface area contributed by atoms with Gasteiger partial charge in [-0.25, -0.2) is 9.93 Å².